The molecule has 7 aromatic carbocycles. The summed E-state index contributed by atoms with van der Waals surface area (Å²) in [4.78, 5) is 10.4. The van der Waals surface area contributed by atoms with Crippen molar-refractivity contribution in [3.8, 4) is 44.9 Å². The van der Waals surface area contributed by atoms with E-state index in [4.69, 9.17) is 12.5 Å². The number of rotatable bonds is 11. The van der Waals surface area contributed by atoms with Crippen LogP contribution in [0.5, 0.6) is 11.5 Å². The molecular formula is C75H77N4OPt-3. The molecule has 5 nitrogen and oxygen atoms in total. The van der Waals surface area contributed by atoms with Crippen LogP contribution in [-0.2, 0) is 50.1 Å². The molecule has 416 valence electrons. The van der Waals surface area contributed by atoms with E-state index < -0.39 is 58.3 Å². The largest absolute Gasteiger partial charge is 0.509 e. The standard InChI is InChI=1S/C75H77N4O.Pt/c1-49(2)38-53-43-70(76-47-63(53)51-22-14-13-15-23-51)79-66-29-17-16-26-61(66)62-34-33-58(45-69(62)79)80-57-25-20-24-56(44-57)77-48-78(68-31-19-18-30-67(68)77)71-59(52-32-35-64-65(42-52)75(11,12)37-36-74(64,9)10)27-21-28-60(71)54-39-50(46-72(3,4)5)40-55(41-54)73(6,7)8;/h13-35,39-43,47-49,61,66H,36-38,46H2,1-12H3;/q-3;/i16D,17D,26D,29D,32D,35D,38D2,39D,40D,41D,42D,46D2;. The molecule has 0 saturated carbocycles. The molecule has 6 heteroatoms. The maximum Gasteiger partial charge on any atom is 0.131 e. The zero-order valence-electron chi connectivity index (χ0n) is 62.2. The van der Waals surface area contributed by atoms with Gasteiger partial charge < -0.3 is 19.4 Å². The molecule has 0 bridgehead atoms. The van der Waals surface area contributed by atoms with Gasteiger partial charge in [0.05, 0.1) is 19.7 Å². The third-order valence-electron chi connectivity index (χ3n) is 15.5. The van der Waals surface area contributed by atoms with E-state index in [9.17, 15) is 16.4 Å². The van der Waals surface area contributed by atoms with Gasteiger partial charge in [-0.2, -0.15) is 12.1 Å². The second-order valence-electron chi connectivity index (χ2n) is 25.2. The van der Waals surface area contributed by atoms with Gasteiger partial charge in [0.15, 0.2) is 0 Å². The van der Waals surface area contributed by atoms with Crippen LogP contribution in [0.1, 0.15) is 154 Å². The normalized spacial score (nSPS) is 20.9. The Hall–Kier alpha value is -6.94. The third-order valence-corrected chi connectivity index (χ3v) is 15.5. The van der Waals surface area contributed by atoms with Gasteiger partial charge in [0, 0.05) is 78.0 Å². The minimum Gasteiger partial charge on any atom is -0.509 e. The zero-order chi connectivity index (χ0) is 68.2. The van der Waals surface area contributed by atoms with Gasteiger partial charge in [-0.1, -0.05) is 210 Å². The van der Waals surface area contributed by atoms with E-state index >= 15 is 0 Å². The Morgan fingerprint density at radius 1 is 0.704 bits per heavy atom. The predicted molar refractivity (Wildman–Crippen MR) is 335 cm³/mol. The molecule has 3 heterocycles. The predicted octanol–water partition coefficient (Wildman–Crippen LogP) is 20.0. The summed E-state index contributed by atoms with van der Waals surface area (Å²) in [5, 5.41) is 0. The van der Waals surface area contributed by atoms with Gasteiger partial charge in [-0.15, -0.1) is 48.3 Å². The van der Waals surface area contributed by atoms with Crippen molar-refractivity contribution in [1.29, 1.82) is 0 Å². The summed E-state index contributed by atoms with van der Waals surface area (Å²) < 4.78 is 141. The first-order chi connectivity index (χ1) is 43.9. The Kier molecular flexibility index (Phi) is 10.9. The third kappa shape index (κ3) is 10.9. The van der Waals surface area contributed by atoms with E-state index in [1.54, 1.807) is 74.3 Å². The number of fused-ring (bicyclic) bond motifs is 5. The van der Waals surface area contributed by atoms with Gasteiger partial charge in [-0.05, 0) is 122 Å². The number of benzene rings is 7. The number of hydrogen-bond donors (Lipinski definition) is 0. The van der Waals surface area contributed by atoms with Gasteiger partial charge in [-0.25, -0.2) is 4.98 Å². The van der Waals surface area contributed by atoms with Crippen LogP contribution in [0, 0.1) is 30.1 Å². The SMILES string of the molecule is [2H]C1=C([2H])C2c3ccc(Oc4[c-]c(N5[CH-]N(c6c(-c7c([2H])c([2H])c8c(c7[2H])C(C)(C)CCC8(C)C)cccc6-c6c([2H])c(C(C)(C)C)c([2H])c(C([2H])([2H])C(C)(C)C)c6[2H])c6ccccc65)ccc4)[c-]c3N(c3cc(C([2H])([2H])C(C)C)c(-c4ccccc4)cn3)C2C([2H])=C1[2H].[Pt]. The first kappa shape index (κ1) is 41.1. The molecule has 2 atom stereocenters. The fourth-order valence-corrected chi connectivity index (χ4v) is 11.4. The molecule has 0 saturated heterocycles. The van der Waals surface area contributed by atoms with Crippen molar-refractivity contribution in [2.45, 2.75) is 137 Å². The fraction of sp³-hybridized carbons (Fsp3) is 0.307. The smallest absolute Gasteiger partial charge is 0.131 e. The molecule has 12 rings (SSSR count). The molecule has 0 spiro atoms. The van der Waals surface area contributed by atoms with Crippen molar-refractivity contribution in [2.24, 2.45) is 11.3 Å². The van der Waals surface area contributed by atoms with Crippen LogP contribution >= 0.6 is 0 Å². The fourth-order valence-electron chi connectivity index (χ4n) is 11.4. The summed E-state index contributed by atoms with van der Waals surface area (Å²) in [5.41, 5.74) is 4.19. The number of ether oxygens (including phenoxy) is 1. The van der Waals surface area contributed by atoms with Crippen LogP contribution in [0.15, 0.2) is 176 Å². The Morgan fingerprint density at radius 3 is 2.11 bits per heavy atom. The number of anilines is 6. The number of hydrogen-bond acceptors (Lipinski definition) is 5. The van der Waals surface area contributed by atoms with Crippen LogP contribution in [-0.4, -0.2) is 11.0 Å². The summed E-state index contributed by atoms with van der Waals surface area (Å²) in [5.74, 6) is -0.592. The summed E-state index contributed by atoms with van der Waals surface area (Å²) in [7, 11) is 0. The minimum absolute atomic E-state index is 0. The monoisotopic (exact) mass is 1260 g/mol. The first-order valence-corrected chi connectivity index (χ1v) is 27.9. The van der Waals surface area contributed by atoms with E-state index in [0.29, 0.717) is 67.4 Å². The molecule has 1 aromatic heterocycles. The molecule has 0 N–H and O–H groups in total. The average Bonchev–Trinajstić information content (AvgIpc) is 1.66. The Morgan fingerprint density at radius 2 is 1.38 bits per heavy atom. The summed E-state index contributed by atoms with van der Waals surface area (Å²) in [6, 6.07) is 37.0. The van der Waals surface area contributed by atoms with Gasteiger partial charge >= 0.3 is 0 Å². The molecule has 2 aliphatic heterocycles. The maximum atomic E-state index is 10.3. The van der Waals surface area contributed by atoms with Crippen LogP contribution in [0.3, 0.4) is 0 Å². The molecule has 2 unspecified atom stereocenters. The number of pyridine rings is 1. The molecule has 0 radical (unpaired) electrons. The number of para-hydroxylation sites is 3. The van der Waals surface area contributed by atoms with E-state index in [1.165, 1.54) is 0 Å². The zero-order valence-corrected chi connectivity index (χ0v) is 50.5. The van der Waals surface area contributed by atoms with Gasteiger partial charge in [0.2, 0.25) is 0 Å². The first-order valence-electron chi connectivity index (χ1n) is 34.9. The van der Waals surface area contributed by atoms with Crippen molar-refractivity contribution >= 4 is 34.3 Å². The molecular weight excluding hydrogens is 1170 g/mol. The molecule has 2 aliphatic carbocycles. The van der Waals surface area contributed by atoms with Crippen molar-refractivity contribution < 1.29 is 45.0 Å². The molecule has 0 amide bonds. The minimum atomic E-state index is -2.24. The second kappa shape index (κ2) is 21.4. The van der Waals surface area contributed by atoms with Crippen LogP contribution < -0.4 is 19.4 Å². The molecule has 81 heavy (non-hydrogen) atoms. The van der Waals surface area contributed by atoms with Crippen LogP contribution in [0.25, 0.3) is 33.4 Å². The van der Waals surface area contributed by atoms with E-state index in [-0.39, 0.29) is 115 Å². The Bertz CT molecular complexity index is 4510. The van der Waals surface area contributed by atoms with Gasteiger partial charge in [0.25, 0.3) is 0 Å². The van der Waals surface area contributed by atoms with Crippen molar-refractivity contribution in [3.63, 3.8) is 0 Å². The van der Waals surface area contributed by atoms with E-state index in [0.717, 1.165) is 18.4 Å². The molecule has 4 aliphatic rings. The summed E-state index contributed by atoms with van der Waals surface area (Å²) in [6.45, 7) is 24.6. The van der Waals surface area contributed by atoms with Gasteiger partial charge in [-0.3, -0.25) is 0 Å². The maximum absolute atomic E-state index is 10.3. The van der Waals surface area contributed by atoms with Crippen molar-refractivity contribution in [1.82, 2.24) is 4.98 Å². The van der Waals surface area contributed by atoms with Crippen LogP contribution in [0.4, 0.5) is 34.3 Å². The van der Waals surface area contributed by atoms with E-state index in [1.807, 2.05) is 118 Å². The van der Waals surface area contributed by atoms with Crippen LogP contribution in [0.2, 0.25) is 0 Å². The molecule has 8 aromatic rings. The summed E-state index contributed by atoms with van der Waals surface area (Å²) >= 11 is 0. The number of allylic oxidation sites excluding steroid dienone is 2. The molecule has 0 fully saturated rings. The summed E-state index contributed by atoms with van der Waals surface area (Å²) in [6.07, 6.45) is -0.972. The van der Waals surface area contributed by atoms with Crippen molar-refractivity contribution in [2.75, 3.05) is 14.7 Å². The van der Waals surface area contributed by atoms with Crippen molar-refractivity contribution in [3.05, 3.63) is 228 Å². The quantitative estimate of drug-likeness (QED) is 0.121. The number of aromatic nitrogens is 1. The average molecular weight is 1260 g/mol. The number of nitrogens with zero attached hydrogens (tertiary/aromatic N) is 4. The topological polar surface area (TPSA) is 31.8 Å². The Labute approximate surface area is 517 Å². The second-order valence-corrected chi connectivity index (χ2v) is 25.2. The van der Waals surface area contributed by atoms with Gasteiger partial charge in [0.1, 0.15) is 5.82 Å². The van der Waals surface area contributed by atoms with E-state index in [2.05, 4.69) is 39.8 Å². The Balaban J connectivity index is 0.00000919.